The van der Waals surface area contributed by atoms with Crippen molar-refractivity contribution >= 4 is 12.6 Å². The van der Waals surface area contributed by atoms with E-state index >= 15 is 0 Å². The van der Waals surface area contributed by atoms with Crippen molar-refractivity contribution in [2.24, 2.45) is 0 Å². The van der Waals surface area contributed by atoms with Gasteiger partial charge in [0, 0.05) is 23.1 Å². The highest BCUT2D eigenvalue weighted by Gasteiger charge is 2.24. The summed E-state index contributed by atoms with van der Waals surface area (Å²) in [6.07, 6.45) is -1.04. The van der Waals surface area contributed by atoms with E-state index in [1.807, 2.05) is 0 Å². The zero-order chi connectivity index (χ0) is 12.3. The highest BCUT2D eigenvalue weighted by molar-refractivity contribution is 7.80. The summed E-state index contributed by atoms with van der Waals surface area (Å²) >= 11 is 3.86. The standard InChI is InChI=1S/C10H15NO4S/c1-5-9(14)8(6(3-12)2-11-5)10(15)7(13)4-16/h2,7,10,12-16H,3-4H2,1H3. The summed E-state index contributed by atoms with van der Waals surface area (Å²) in [5.74, 6) is -0.160. The molecule has 0 aromatic carbocycles. The molecule has 0 aliphatic heterocycles. The maximum atomic E-state index is 9.81. The van der Waals surface area contributed by atoms with Gasteiger partial charge in [0.1, 0.15) is 11.9 Å². The molecule has 0 saturated carbocycles. The Morgan fingerprint density at radius 3 is 2.56 bits per heavy atom. The van der Waals surface area contributed by atoms with Crippen LogP contribution in [-0.2, 0) is 6.61 Å². The molecule has 0 bridgehead atoms. The van der Waals surface area contributed by atoms with Crippen LogP contribution in [0.15, 0.2) is 6.20 Å². The average molecular weight is 245 g/mol. The lowest BCUT2D eigenvalue weighted by Gasteiger charge is -2.20. The van der Waals surface area contributed by atoms with Crippen LogP contribution in [0.3, 0.4) is 0 Å². The molecule has 1 aromatic rings. The van der Waals surface area contributed by atoms with Gasteiger partial charge in [-0.1, -0.05) is 0 Å². The van der Waals surface area contributed by atoms with E-state index in [9.17, 15) is 15.3 Å². The van der Waals surface area contributed by atoms with Gasteiger partial charge in [0.15, 0.2) is 0 Å². The van der Waals surface area contributed by atoms with Crippen LogP contribution in [0.1, 0.15) is 22.9 Å². The molecule has 0 amide bonds. The Morgan fingerprint density at radius 1 is 1.44 bits per heavy atom. The molecule has 16 heavy (non-hydrogen) atoms. The Morgan fingerprint density at radius 2 is 2.06 bits per heavy atom. The summed E-state index contributed by atoms with van der Waals surface area (Å²) in [5, 5.41) is 38.1. The van der Waals surface area contributed by atoms with Gasteiger partial charge < -0.3 is 20.4 Å². The molecule has 0 aliphatic rings. The first-order chi connectivity index (χ1) is 7.52. The third-order valence-corrected chi connectivity index (χ3v) is 2.75. The first-order valence-electron chi connectivity index (χ1n) is 4.78. The maximum Gasteiger partial charge on any atom is 0.143 e. The predicted molar refractivity (Wildman–Crippen MR) is 61.4 cm³/mol. The van der Waals surface area contributed by atoms with Crippen LogP contribution in [0.5, 0.6) is 5.75 Å². The highest BCUT2D eigenvalue weighted by atomic mass is 32.1. The van der Waals surface area contributed by atoms with Crippen molar-refractivity contribution in [3.05, 3.63) is 23.0 Å². The number of pyridine rings is 1. The van der Waals surface area contributed by atoms with E-state index in [2.05, 4.69) is 17.6 Å². The summed E-state index contributed by atoms with van der Waals surface area (Å²) in [5.41, 5.74) is 0.727. The first kappa shape index (κ1) is 13.2. The molecule has 1 aromatic heterocycles. The van der Waals surface area contributed by atoms with Crippen molar-refractivity contribution in [3.8, 4) is 5.75 Å². The van der Waals surface area contributed by atoms with Crippen LogP contribution >= 0.6 is 12.6 Å². The fraction of sp³-hybridized carbons (Fsp3) is 0.500. The topological polar surface area (TPSA) is 93.8 Å². The molecule has 90 valence electrons. The van der Waals surface area contributed by atoms with E-state index < -0.39 is 12.2 Å². The third kappa shape index (κ3) is 2.46. The number of aliphatic hydroxyl groups is 3. The van der Waals surface area contributed by atoms with Crippen molar-refractivity contribution in [1.29, 1.82) is 0 Å². The Hall–Kier alpha value is -0.820. The number of rotatable bonds is 4. The number of aryl methyl sites for hydroxylation is 1. The molecule has 4 N–H and O–H groups in total. The first-order valence-corrected chi connectivity index (χ1v) is 5.41. The quantitative estimate of drug-likeness (QED) is 0.478. The fourth-order valence-corrected chi connectivity index (χ4v) is 1.60. The molecular formula is C10H15NO4S. The van der Waals surface area contributed by atoms with E-state index in [1.165, 1.54) is 6.20 Å². The Kier molecular flexibility index (Phi) is 4.55. The normalized spacial score (nSPS) is 14.8. The minimum Gasteiger partial charge on any atom is -0.506 e. The number of thiol groups is 1. The number of hydrogen-bond acceptors (Lipinski definition) is 6. The van der Waals surface area contributed by atoms with Gasteiger partial charge in [-0.05, 0) is 6.92 Å². The van der Waals surface area contributed by atoms with E-state index in [-0.39, 0.29) is 29.2 Å². The number of aliphatic hydroxyl groups excluding tert-OH is 3. The van der Waals surface area contributed by atoms with Crippen LogP contribution in [0.2, 0.25) is 0 Å². The fourth-order valence-electron chi connectivity index (χ4n) is 1.40. The number of nitrogens with zero attached hydrogens (tertiary/aromatic N) is 1. The van der Waals surface area contributed by atoms with Gasteiger partial charge in [0.05, 0.1) is 18.4 Å². The summed E-state index contributed by atoms with van der Waals surface area (Å²) in [4.78, 5) is 3.86. The summed E-state index contributed by atoms with van der Waals surface area (Å²) in [7, 11) is 0. The van der Waals surface area contributed by atoms with Gasteiger partial charge in [-0.3, -0.25) is 4.98 Å². The zero-order valence-corrected chi connectivity index (χ0v) is 9.72. The second kappa shape index (κ2) is 5.49. The Bertz CT molecular complexity index is 372. The second-order valence-corrected chi connectivity index (χ2v) is 3.85. The van der Waals surface area contributed by atoms with E-state index in [1.54, 1.807) is 6.92 Å². The molecule has 0 spiro atoms. The smallest absolute Gasteiger partial charge is 0.143 e. The average Bonchev–Trinajstić information content (AvgIpc) is 2.30. The molecule has 1 rings (SSSR count). The van der Waals surface area contributed by atoms with Gasteiger partial charge in [0.2, 0.25) is 0 Å². The third-order valence-electron chi connectivity index (χ3n) is 2.38. The van der Waals surface area contributed by atoms with Gasteiger partial charge in [-0.2, -0.15) is 12.6 Å². The molecule has 5 nitrogen and oxygen atoms in total. The maximum absolute atomic E-state index is 9.81. The van der Waals surface area contributed by atoms with Crippen LogP contribution in [-0.4, -0.2) is 37.3 Å². The van der Waals surface area contributed by atoms with Crippen molar-refractivity contribution in [1.82, 2.24) is 4.98 Å². The van der Waals surface area contributed by atoms with Gasteiger partial charge in [-0.15, -0.1) is 0 Å². The second-order valence-electron chi connectivity index (χ2n) is 3.48. The number of aromatic hydroxyl groups is 1. The molecule has 2 atom stereocenters. The molecule has 0 radical (unpaired) electrons. The van der Waals surface area contributed by atoms with Gasteiger partial charge in [-0.25, -0.2) is 0 Å². The molecule has 0 fully saturated rings. The monoisotopic (exact) mass is 245 g/mol. The summed E-state index contributed by atoms with van der Waals surface area (Å²) in [6.45, 7) is 1.20. The minimum absolute atomic E-state index is 0.0485. The molecule has 1 heterocycles. The van der Waals surface area contributed by atoms with Crippen molar-refractivity contribution in [3.63, 3.8) is 0 Å². The molecular weight excluding hydrogens is 230 g/mol. The predicted octanol–water partition coefficient (Wildman–Crippen LogP) is -0.0880. The lowest BCUT2D eigenvalue weighted by molar-refractivity contribution is 0.0308. The molecule has 0 saturated heterocycles. The van der Waals surface area contributed by atoms with Crippen LogP contribution in [0.25, 0.3) is 0 Å². The van der Waals surface area contributed by atoms with Crippen molar-refractivity contribution < 1.29 is 20.4 Å². The van der Waals surface area contributed by atoms with E-state index in [4.69, 9.17) is 5.11 Å². The van der Waals surface area contributed by atoms with Crippen LogP contribution in [0.4, 0.5) is 0 Å². The van der Waals surface area contributed by atoms with Crippen molar-refractivity contribution in [2.75, 3.05) is 5.75 Å². The SMILES string of the molecule is Cc1ncc(CO)c(C(O)C(O)CS)c1O. The van der Waals surface area contributed by atoms with Crippen molar-refractivity contribution in [2.45, 2.75) is 25.7 Å². The Labute approximate surface area is 98.8 Å². The summed E-state index contributed by atoms with van der Waals surface area (Å²) in [6, 6.07) is 0. The number of hydrogen-bond donors (Lipinski definition) is 5. The molecule has 0 aliphatic carbocycles. The molecule has 6 heteroatoms. The van der Waals surface area contributed by atoms with Crippen LogP contribution in [0, 0.1) is 6.92 Å². The Balaban J connectivity index is 3.23. The lowest BCUT2D eigenvalue weighted by Crippen LogP contribution is -2.21. The highest BCUT2D eigenvalue weighted by Crippen LogP contribution is 2.31. The summed E-state index contributed by atoms with van der Waals surface area (Å²) < 4.78 is 0. The largest absolute Gasteiger partial charge is 0.506 e. The van der Waals surface area contributed by atoms with E-state index in [0.29, 0.717) is 5.69 Å². The van der Waals surface area contributed by atoms with Gasteiger partial charge in [0.25, 0.3) is 0 Å². The van der Waals surface area contributed by atoms with Gasteiger partial charge >= 0.3 is 0 Å². The van der Waals surface area contributed by atoms with Crippen LogP contribution < -0.4 is 0 Å². The van der Waals surface area contributed by atoms with E-state index in [0.717, 1.165) is 0 Å². The number of aromatic nitrogens is 1. The minimum atomic E-state index is -1.29. The molecule has 2 unspecified atom stereocenters. The lowest BCUT2D eigenvalue weighted by atomic mass is 9.99. The zero-order valence-electron chi connectivity index (χ0n) is 8.83.